The van der Waals surface area contributed by atoms with Gasteiger partial charge in [0.1, 0.15) is 0 Å². The van der Waals surface area contributed by atoms with Gasteiger partial charge in [0.15, 0.2) is 5.13 Å². The van der Waals surface area contributed by atoms with E-state index in [-0.39, 0.29) is 17.7 Å². The van der Waals surface area contributed by atoms with Gasteiger partial charge in [-0.05, 0) is 61.3 Å². The molecular weight excluding hydrogens is 516 g/mol. The summed E-state index contributed by atoms with van der Waals surface area (Å²) in [6.07, 6.45) is 2.21. The fourth-order valence-electron chi connectivity index (χ4n) is 5.59. The molecule has 1 aliphatic carbocycles. The lowest BCUT2D eigenvalue weighted by molar-refractivity contribution is -0.116. The molecule has 2 amide bonds. The second kappa shape index (κ2) is 12.6. The lowest BCUT2D eigenvalue weighted by atomic mass is 9.70. The second-order valence-corrected chi connectivity index (χ2v) is 11.4. The average molecular weight is 553 g/mol. The fourth-order valence-corrected chi connectivity index (χ4v) is 6.32. The standard InChI is InChI=1S/C33H36N4O2S/c1-4-24-25-9-5-7-11-27(25)29(28-12-8-6-10-26(24)28)17-18-31(38)36-33-35-30(21-40-33)22-13-15-23(16-14-22)32(39)34-19-20-37(2)3/h5-16,21,24,29H,4,17-20H2,1-3H3,(H,34,39)(H,35,36,38). The fraction of sp³-hybridized carbons (Fsp3) is 0.303. The molecule has 3 aromatic carbocycles. The number of carbonyl (C=O) groups is 2. The topological polar surface area (TPSA) is 74.3 Å². The van der Waals surface area contributed by atoms with Crippen LogP contribution < -0.4 is 10.6 Å². The zero-order valence-electron chi connectivity index (χ0n) is 23.3. The van der Waals surface area contributed by atoms with E-state index in [1.54, 1.807) is 12.1 Å². The summed E-state index contributed by atoms with van der Waals surface area (Å²) < 4.78 is 0. The molecule has 1 aromatic heterocycles. The van der Waals surface area contributed by atoms with Crippen LogP contribution in [0.1, 0.15) is 70.6 Å². The molecule has 0 atom stereocenters. The molecule has 1 heterocycles. The van der Waals surface area contributed by atoms with Crippen LogP contribution in [0.2, 0.25) is 0 Å². The maximum atomic E-state index is 13.0. The second-order valence-electron chi connectivity index (χ2n) is 10.5. The predicted molar refractivity (Wildman–Crippen MR) is 163 cm³/mol. The number of likely N-dealkylation sites (N-methyl/N-ethyl adjacent to an activating group) is 1. The highest BCUT2D eigenvalue weighted by Gasteiger charge is 2.31. The van der Waals surface area contributed by atoms with Crippen LogP contribution in [0.4, 0.5) is 5.13 Å². The Morgan fingerprint density at radius 1 is 0.875 bits per heavy atom. The van der Waals surface area contributed by atoms with Gasteiger partial charge in [-0.1, -0.05) is 67.6 Å². The SMILES string of the molecule is CCC1c2ccccc2C(CCC(=O)Nc2nc(-c3ccc(C(=O)NCCN(C)C)cc3)cs2)c2ccccc21. The van der Waals surface area contributed by atoms with E-state index in [0.29, 0.717) is 29.6 Å². The van der Waals surface area contributed by atoms with Crippen LogP contribution >= 0.6 is 11.3 Å². The van der Waals surface area contributed by atoms with Gasteiger partial charge in [0.25, 0.3) is 5.91 Å². The number of aromatic nitrogens is 1. The zero-order valence-corrected chi connectivity index (χ0v) is 24.1. The van der Waals surface area contributed by atoms with Crippen molar-refractivity contribution in [1.29, 1.82) is 0 Å². The summed E-state index contributed by atoms with van der Waals surface area (Å²) in [5.74, 6) is 0.482. The Kier molecular flexibility index (Phi) is 8.72. The minimum atomic E-state index is -0.0898. The molecule has 0 saturated carbocycles. The molecule has 1 aliphatic rings. The van der Waals surface area contributed by atoms with Crippen molar-refractivity contribution < 1.29 is 9.59 Å². The van der Waals surface area contributed by atoms with Gasteiger partial charge in [0.2, 0.25) is 5.91 Å². The van der Waals surface area contributed by atoms with Crippen molar-refractivity contribution in [2.45, 2.75) is 38.0 Å². The molecule has 0 aliphatic heterocycles. The molecular formula is C33H36N4O2S. The van der Waals surface area contributed by atoms with Crippen LogP contribution in [-0.4, -0.2) is 48.9 Å². The first-order valence-electron chi connectivity index (χ1n) is 13.9. The Balaban J connectivity index is 1.21. The van der Waals surface area contributed by atoms with E-state index in [1.807, 2.05) is 36.5 Å². The van der Waals surface area contributed by atoms with Crippen molar-refractivity contribution in [2.75, 3.05) is 32.5 Å². The van der Waals surface area contributed by atoms with Crippen molar-refractivity contribution in [3.63, 3.8) is 0 Å². The highest BCUT2D eigenvalue weighted by molar-refractivity contribution is 7.14. The van der Waals surface area contributed by atoms with Gasteiger partial charge < -0.3 is 15.5 Å². The minimum absolute atomic E-state index is 0.0294. The molecule has 0 saturated heterocycles. The molecule has 0 unspecified atom stereocenters. The third kappa shape index (κ3) is 6.16. The molecule has 0 bridgehead atoms. The van der Waals surface area contributed by atoms with Crippen LogP contribution in [0.15, 0.2) is 78.2 Å². The largest absolute Gasteiger partial charge is 0.351 e. The number of anilines is 1. The van der Waals surface area contributed by atoms with Gasteiger partial charge in [-0.25, -0.2) is 4.98 Å². The van der Waals surface area contributed by atoms with Gasteiger partial charge in [-0.15, -0.1) is 11.3 Å². The quantitative estimate of drug-likeness (QED) is 0.235. The molecule has 2 N–H and O–H groups in total. The monoisotopic (exact) mass is 552 g/mol. The molecule has 7 heteroatoms. The lowest BCUT2D eigenvalue weighted by Crippen LogP contribution is -2.31. The van der Waals surface area contributed by atoms with Gasteiger partial charge in [-0.3, -0.25) is 9.59 Å². The number of nitrogens with zero attached hydrogens (tertiary/aromatic N) is 2. The van der Waals surface area contributed by atoms with E-state index in [4.69, 9.17) is 0 Å². The summed E-state index contributed by atoms with van der Waals surface area (Å²) in [4.78, 5) is 32.0. The Labute approximate surface area is 240 Å². The Morgan fingerprint density at radius 2 is 1.48 bits per heavy atom. The predicted octanol–water partition coefficient (Wildman–Crippen LogP) is 6.51. The third-order valence-corrected chi connectivity index (χ3v) is 8.36. The van der Waals surface area contributed by atoms with Gasteiger partial charge in [0.05, 0.1) is 5.69 Å². The number of nitrogens with one attached hydrogen (secondary N) is 2. The highest BCUT2D eigenvalue weighted by atomic mass is 32.1. The van der Waals surface area contributed by atoms with Crippen LogP contribution in [0, 0.1) is 0 Å². The Morgan fingerprint density at radius 3 is 2.05 bits per heavy atom. The molecule has 0 fully saturated rings. The number of hydrogen-bond donors (Lipinski definition) is 2. The average Bonchev–Trinajstić information content (AvgIpc) is 3.43. The normalized spacial score (nSPS) is 15.8. The summed E-state index contributed by atoms with van der Waals surface area (Å²) >= 11 is 1.41. The van der Waals surface area contributed by atoms with Crippen LogP contribution in [0.25, 0.3) is 11.3 Å². The minimum Gasteiger partial charge on any atom is -0.351 e. The maximum absolute atomic E-state index is 13.0. The van der Waals surface area contributed by atoms with E-state index in [0.717, 1.165) is 30.6 Å². The number of rotatable bonds is 10. The van der Waals surface area contributed by atoms with Crippen molar-refractivity contribution in [3.8, 4) is 11.3 Å². The molecule has 40 heavy (non-hydrogen) atoms. The number of hydrogen-bond acceptors (Lipinski definition) is 5. The maximum Gasteiger partial charge on any atom is 0.251 e. The van der Waals surface area contributed by atoms with E-state index in [2.05, 4.69) is 71.1 Å². The first kappa shape index (κ1) is 27.7. The smallest absolute Gasteiger partial charge is 0.251 e. The Bertz CT molecular complexity index is 1430. The molecule has 4 aromatic rings. The summed E-state index contributed by atoms with van der Waals surface area (Å²) in [5.41, 5.74) is 7.75. The highest BCUT2D eigenvalue weighted by Crippen LogP contribution is 2.46. The molecule has 0 radical (unpaired) electrons. The molecule has 206 valence electrons. The summed E-state index contributed by atoms with van der Waals surface area (Å²) in [5, 5.41) is 8.44. The number of carbonyl (C=O) groups excluding carboxylic acids is 2. The number of fused-ring (bicyclic) bond motifs is 2. The molecule has 6 nitrogen and oxygen atoms in total. The number of benzene rings is 3. The summed E-state index contributed by atoms with van der Waals surface area (Å²) in [7, 11) is 3.95. The molecule has 5 rings (SSSR count). The molecule has 0 spiro atoms. The van der Waals surface area contributed by atoms with Gasteiger partial charge in [-0.2, -0.15) is 0 Å². The lowest BCUT2D eigenvalue weighted by Gasteiger charge is -2.34. The number of thiazole rings is 1. The number of amides is 2. The first-order valence-corrected chi connectivity index (χ1v) is 14.8. The van der Waals surface area contributed by atoms with E-state index >= 15 is 0 Å². The van der Waals surface area contributed by atoms with Gasteiger partial charge >= 0.3 is 0 Å². The van der Waals surface area contributed by atoms with Crippen LogP contribution in [0.3, 0.4) is 0 Å². The van der Waals surface area contributed by atoms with Gasteiger partial charge in [0, 0.05) is 47.9 Å². The van der Waals surface area contributed by atoms with Crippen molar-refractivity contribution in [3.05, 3.63) is 106 Å². The van der Waals surface area contributed by atoms with Crippen molar-refractivity contribution >= 4 is 28.3 Å². The van der Waals surface area contributed by atoms with E-state index in [1.165, 1.54) is 33.6 Å². The first-order chi connectivity index (χ1) is 19.4. The third-order valence-electron chi connectivity index (χ3n) is 7.60. The van der Waals surface area contributed by atoms with E-state index < -0.39 is 0 Å². The van der Waals surface area contributed by atoms with Crippen molar-refractivity contribution in [1.82, 2.24) is 15.2 Å². The van der Waals surface area contributed by atoms with Crippen molar-refractivity contribution in [2.24, 2.45) is 0 Å². The summed E-state index contributed by atoms with van der Waals surface area (Å²) in [6, 6.07) is 24.8. The Hall–Kier alpha value is -3.81. The van der Waals surface area contributed by atoms with E-state index in [9.17, 15) is 9.59 Å². The summed E-state index contributed by atoms with van der Waals surface area (Å²) in [6.45, 7) is 3.63. The van der Waals surface area contributed by atoms with Crippen LogP contribution in [0.5, 0.6) is 0 Å². The van der Waals surface area contributed by atoms with Crippen LogP contribution in [-0.2, 0) is 4.79 Å². The zero-order chi connectivity index (χ0) is 28.1.